The number of piperazine rings is 1. The molecule has 1 aliphatic rings. The van der Waals surface area contributed by atoms with Gasteiger partial charge in [0.1, 0.15) is 0 Å². The van der Waals surface area contributed by atoms with Crippen LogP contribution in [0.25, 0.3) is 11.1 Å². The summed E-state index contributed by atoms with van der Waals surface area (Å²) in [6, 6.07) is 14.3. The lowest BCUT2D eigenvalue weighted by molar-refractivity contribution is -0.116. The second-order valence-corrected chi connectivity index (χ2v) is 7.55. The number of para-hydroxylation sites is 1. The Kier molecular flexibility index (Phi) is 5.81. The molecule has 1 atom stereocenters. The topological polar surface area (TPSA) is 63.5 Å². The molecule has 0 saturated carbocycles. The van der Waals surface area contributed by atoms with Gasteiger partial charge in [-0.15, -0.1) is 0 Å². The number of carbonyl (C=O) groups is 1. The van der Waals surface area contributed by atoms with Gasteiger partial charge in [-0.1, -0.05) is 18.2 Å². The van der Waals surface area contributed by atoms with Crippen LogP contribution in [0.15, 0.2) is 48.7 Å². The summed E-state index contributed by atoms with van der Waals surface area (Å²) < 4.78 is 7.01. The average Bonchev–Trinajstić information content (AvgIpc) is 3.12. The predicted octanol–water partition coefficient (Wildman–Crippen LogP) is 3.09. The van der Waals surface area contributed by atoms with Gasteiger partial charge >= 0.3 is 0 Å². The van der Waals surface area contributed by atoms with Crippen molar-refractivity contribution in [2.75, 3.05) is 38.2 Å². The Hall–Kier alpha value is -3.19. The second kappa shape index (κ2) is 8.67. The van der Waals surface area contributed by atoms with Crippen LogP contribution < -0.4 is 9.64 Å². The summed E-state index contributed by atoms with van der Waals surface area (Å²) in [5.74, 6) is 0.605. The lowest BCUT2D eigenvalue weighted by Crippen LogP contribution is -2.49. The van der Waals surface area contributed by atoms with Crippen LogP contribution in [0.3, 0.4) is 0 Å². The molecule has 0 amide bonds. The lowest BCUT2D eigenvalue weighted by Gasteiger charge is -2.39. The van der Waals surface area contributed by atoms with Gasteiger partial charge in [-0.3, -0.25) is 9.69 Å². The van der Waals surface area contributed by atoms with Gasteiger partial charge < -0.3 is 9.64 Å². The van der Waals surface area contributed by atoms with Crippen molar-refractivity contribution in [2.45, 2.75) is 20.0 Å². The van der Waals surface area contributed by atoms with E-state index in [1.165, 1.54) is 5.69 Å². The number of rotatable bonds is 6. The molecule has 3 aromatic rings. The molecule has 1 aromatic carbocycles. The first-order valence-electron chi connectivity index (χ1n) is 10.2. The number of pyridine rings is 1. The number of carbonyl (C=O) groups excluding carboxylic acids is 1. The van der Waals surface area contributed by atoms with E-state index in [0.717, 1.165) is 55.0 Å². The van der Waals surface area contributed by atoms with Gasteiger partial charge in [0.25, 0.3) is 0 Å². The summed E-state index contributed by atoms with van der Waals surface area (Å²) in [5.41, 5.74) is 5.32. The van der Waals surface area contributed by atoms with Gasteiger partial charge in [-0.25, -0.2) is 9.67 Å². The third-order valence-electron chi connectivity index (χ3n) is 5.61. The molecule has 30 heavy (non-hydrogen) atoms. The molecule has 0 aliphatic carbocycles. The minimum atomic E-state index is -0.359. The molecule has 1 aliphatic heterocycles. The maximum absolute atomic E-state index is 11.9. The van der Waals surface area contributed by atoms with Crippen LogP contribution in [0.5, 0.6) is 5.88 Å². The first-order chi connectivity index (χ1) is 14.6. The smallest absolute Gasteiger partial charge is 0.212 e. The monoisotopic (exact) mass is 405 g/mol. The third-order valence-corrected chi connectivity index (χ3v) is 5.61. The maximum Gasteiger partial charge on any atom is 0.212 e. The molecular formula is C23H27N5O2. The van der Waals surface area contributed by atoms with Crippen LogP contribution in [-0.4, -0.2) is 59.2 Å². The first-order valence-corrected chi connectivity index (χ1v) is 10.2. The highest BCUT2D eigenvalue weighted by Crippen LogP contribution is 2.32. The summed E-state index contributed by atoms with van der Waals surface area (Å²) in [7, 11) is 1.62. The Morgan fingerprint density at radius 3 is 2.43 bits per heavy atom. The summed E-state index contributed by atoms with van der Waals surface area (Å²) >= 11 is 0. The fourth-order valence-electron chi connectivity index (χ4n) is 4.09. The number of aromatic nitrogens is 3. The van der Waals surface area contributed by atoms with Crippen molar-refractivity contribution < 1.29 is 9.53 Å². The average molecular weight is 406 g/mol. The molecule has 2 aromatic heterocycles. The number of anilines is 1. The zero-order chi connectivity index (χ0) is 21.1. The van der Waals surface area contributed by atoms with Crippen LogP contribution >= 0.6 is 0 Å². The van der Waals surface area contributed by atoms with Crippen molar-refractivity contribution in [3.63, 3.8) is 0 Å². The number of nitrogens with zero attached hydrogens (tertiary/aromatic N) is 5. The van der Waals surface area contributed by atoms with E-state index in [0.29, 0.717) is 5.88 Å². The second-order valence-electron chi connectivity index (χ2n) is 7.55. The highest BCUT2D eigenvalue weighted by molar-refractivity contribution is 5.78. The lowest BCUT2D eigenvalue weighted by atomic mass is 10.0. The van der Waals surface area contributed by atoms with Crippen LogP contribution in [-0.2, 0) is 4.79 Å². The van der Waals surface area contributed by atoms with E-state index in [-0.39, 0.29) is 6.17 Å². The third kappa shape index (κ3) is 3.93. The highest BCUT2D eigenvalue weighted by atomic mass is 16.5. The first kappa shape index (κ1) is 20.1. The fourth-order valence-corrected chi connectivity index (χ4v) is 4.09. The molecule has 7 heteroatoms. The summed E-state index contributed by atoms with van der Waals surface area (Å²) in [6.07, 6.45) is 2.48. The van der Waals surface area contributed by atoms with Crippen LogP contribution in [0.1, 0.15) is 17.6 Å². The van der Waals surface area contributed by atoms with Crippen molar-refractivity contribution in [2.24, 2.45) is 0 Å². The minimum Gasteiger partial charge on any atom is -0.481 e. The molecule has 0 spiro atoms. The SMILES string of the molecule is COc1ccc(-c2ccccc2N2CCN(C(C=O)n3nc(C)cc3C)CC2)cn1. The van der Waals surface area contributed by atoms with E-state index in [9.17, 15) is 4.79 Å². The molecule has 156 valence electrons. The van der Waals surface area contributed by atoms with E-state index >= 15 is 0 Å². The molecule has 1 unspecified atom stereocenters. The normalized spacial score (nSPS) is 15.8. The van der Waals surface area contributed by atoms with Gasteiger partial charge in [0.15, 0.2) is 12.5 Å². The molecule has 0 radical (unpaired) electrons. The van der Waals surface area contributed by atoms with E-state index in [1.54, 1.807) is 7.11 Å². The van der Waals surface area contributed by atoms with Gasteiger partial charge in [0.05, 0.1) is 12.8 Å². The van der Waals surface area contributed by atoms with E-state index in [1.807, 2.05) is 49.0 Å². The number of hydrogen-bond acceptors (Lipinski definition) is 6. The Bertz CT molecular complexity index is 1010. The molecular weight excluding hydrogens is 378 g/mol. The molecule has 4 rings (SSSR count). The van der Waals surface area contributed by atoms with Gasteiger partial charge in [-0.05, 0) is 32.0 Å². The van der Waals surface area contributed by atoms with Gasteiger partial charge in [0.2, 0.25) is 5.88 Å². The van der Waals surface area contributed by atoms with Crippen LogP contribution in [0, 0.1) is 13.8 Å². The number of hydrogen-bond donors (Lipinski definition) is 0. The Morgan fingerprint density at radius 1 is 1.07 bits per heavy atom. The van der Waals surface area contributed by atoms with E-state index in [2.05, 4.69) is 38.1 Å². The molecule has 7 nitrogen and oxygen atoms in total. The van der Waals surface area contributed by atoms with Gasteiger partial charge in [-0.2, -0.15) is 5.10 Å². The number of benzene rings is 1. The largest absolute Gasteiger partial charge is 0.481 e. The summed E-state index contributed by atoms with van der Waals surface area (Å²) in [4.78, 5) is 20.8. The summed E-state index contributed by atoms with van der Waals surface area (Å²) in [6.45, 7) is 7.20. The molecule has 3 heterocycles. The van der Waals surface area contributed by atoms with Crippen molar-refractivity contribution in [3.05, 3.63) is 60.0 Å². The van der Waals surface area contributed by atoms with Crippen LogP contribution in [0.2, 0.25) is 0 Å². The Balaban J connectivity index is 1.52. The Labute approximate surface area is 176 Å². The number of methoxy groups -OCH3 is 1. The standard InChI is InChI=1S/C23H27N5O2/c1-17-14-18(2)28(25-17)23(16-29)27-12-10-26(11-13-27)21-7-5-4-6-20(21)19-8-9-22(30-3)24-15-19/h4-9,14-16,23H,10-13H2,1-3H3. The summed E-state index contributed by atoms with van der Waals surface area (Å²) in [5, 5.41) is 4.51. The number of ether oxygens (including phenoxy) is 1. The molecule has 1 fully saturated rings. The van der Waals surface area contributed by atoms with E-state index < -0.39 is 0 Å². The van der Waals surface area contributed by atoms with Crippen molar-refractivity contribution in [1.29, 1.82) is 0 Å². The number of aldehydes is 1. The van der Waals surface area contributed by atoms with Crippen molar-refractivity contribution in [1.82, 2.24) is 19.7 Å². The predicted molar refractivity (Wildman–Crippen MR) is 117 cm³/mol. The Morgan fingerprint density at radius 2 is 1.83 bits per heavy atom. The van der Waals surface area contributed by atoms with E-state index in [4.69, 9.17) is 4.74 Å². The van der Waals surface area contributed by atoms with Crippen LogP contribution in [0.4, 0.5) is 5.69 Å². The van der Waals surface area contributed by atoms with Crippen molar-refractivity contribution in [3.8, 4) is 17.0 Å². The fraction of sp³-hybridized carbons (Fsp3) is 0.348. The molecule has 0 bridgehead atoms. The maximum atomic E-state index is 11.9. The molecule has 1 saturated heterocycles. The zero-order valence-corrected chi connectivity index (χ0v) is 17.7. The quantitative estimate of drug-likeness (QED) is 0.588. The van der Waals surface area contributed by atoms with Gasteiger partial charge in [0, 0.05) is 61.0 Å². The minimum absolute atomic E-state index is 0.359. The van der Waals surface area contributed by atoms with Crippen molar-refractivity contribution >= 4 is 12.0 Å². The molecule has 0 N–H and O–H groups in total. The highest BCUT2D eigenvalue weighted by Gasteiger charge is 2.27. The zero-order valence-electron chi connectivity index (χ0n) is 17.7. The number of aryl methyl sites for hydroxylation is 2.